The summed E-state index contributed by atoms with van der Waals surface area (Å²) in [5, 5.41) is 10.4. The van der Waals surface area contributed by atoms with Gasteiger partial charge in [0.15, 0.2) is 5.43 Å². The minimum atomic E-state index is -0.604. The van der Waals surface area contributed by atoms with Crippen LogP contribution in [0.1, 0.15) is 39.7 Å². The molecule has 28 heavy (non-hydrogen) atoms. The Labute approximate surface area is 162 Å². The van der Waals surface area contributed by atoms with E-state index < -0.39 is 6.04 Å². The molecule has 0 spiro atoms. The average molecular weight is 379 g/mol. The molecule has 1 aromatic heterocycles. The van der Waals surface area contributed by atoms with Gasteiger partial charge in [-0.25, -0.2) is 0 Å². The molecule has 4 rings (SSSR count). The van der Waals surface area contributed by atoms with E-state index in [9.17, 15) is 14.7 Å². The van der Waals surface area contributed by atoms with E-state index >= 15 is 0 Å². The molecule has 2 aromatic carbocycles. The molecular weight excluding hydrogens is 358 g/mol. The van der Waals surface area contributed by atoms with Crippen LogP contribution in [0.2, 0.25) is 0 Å². The first kappa shape index (κ1) is 18.3. The normalized spacial score (nSPS) is 16.0. The summed E-state index contributed by atoms with van der Waals surface area (Å²) in [4.78, 5) is 28.1. The highest BCUT2D eigenvalue weighted by Gasteiger charge is 2.42. The van der Waals surface area contributed by atoms with Crippen molar-refractivity contribution in [3.8, 4) is 5.75 Å². The molecule has 0 fully saturated rings. The lowest BCUT2D eigenvalue weighted by Crippen LogP contribution is -2.31. The zero-order valence-corrected chi connectivity index (χ0v) is 15.8. The van der Waals surface area contributed by atoms with Crippen molar-refractivity contribution in [1.29, 1.82) is 0 Å². The number of methoxy groups -OCH3 is 1. The molecule has 1 aliphatic heterocycles. The van der Waals surface area contributed by atoms with Crippen molar-refractivity contribution in [2.45, 2.75) is 19.4 Å². The highest BCUT2D eigenvalue weighted by atomic mass is 16.5. The molecule has 1 atom stereocenters. The monoisotopic (exact) mass is 379 g/mol. The molecule has 0 saturated carbocycles. The van der Waals surface area contributed by atoms with Crippen molar-refractivity contribution in [3.05, 3.63) is 75.1 Å². The number of hydrogen-bond acceptors (Lipinski definition) is 5. The maximum atomic E-state index is 13.3. The molecule has 0 unspecified atom stereocenters. The number of fused-ring (bicyclic) bond motifs is 2. The van der Waals surface area contributed by atoms with Crippen molar-refractivity contribution in [2.24, 2.45) is 0 Å². The molecule has 3 aromatic rings. The van der Waals surface area contributed by atoms with Crippen LogP contribution in [0.4, 0.5) is 0 Å². The predicted octanol–water partition coefficient (Wildman–Crippen LogP) is 3.39. The zero-order valence-electron chi connectivity index (χ0n) is 15.8. The second kappa shape index (κ2) is 7.13. The third kappa shape index (κ3) is 2.96. The minimum absolute atomic E-state index is 0.0760. The second-order valence-electron chi connectivity index (χ2n) is 7.02. The summed E-state index contributed by atoms with van der Waals surface area (Å²) in [6.45, 7) is 2.81. The largest absolute Gasteiger partial charge is 0.508 e. The number of phenolic OH excluding ortho intramolecular Hbond substituents is 1. The van der Waals surface area contributed by atoms with Gasteiger partial charge in [-0.2, -0.15) is 0 Å². The van der Waals surface area contributed by atoms with Gasteiger partial charge in [0.25, 0.3) is 5.91 Å². The number of rotatable bonds is 5. The van der Waals surface area contributed by atoms with Gasteiger partial charge in [-0.05, 0) is 43.2 Å². The first-order chi connectivity index (χ1) is 13.5. The van der Waals surface area contributed by atoms with Gasteiger partial charge in [0.1, 0.15) is 11.3 Å². The number of phenols is 1. The summed E-state index contributed by atoms with van der Waals surface area (Å²) >= 11 is 0. The zero-order chi connectivity index (χ0) is 19.8. The standard InChI is InChI=1S/C22H21NO5/c1-13-7-8-17-16(11-13)20(25)18-19(14-5-3-6-15(24)12-14)23(9-4-10-27-2)22(26)21(18)28-17/h3,5-8,11-12,19,24H,4,9-10H2,1-2H3/t19-/m1/s1. The Bertz CT molecular complexity index is 1120. The van der Waals surface area contributed by atoms with Gasteiger partial charge < -0.3 is 19.2 Å². The number of amides is 1. The van der Waals surface area contributed by atoms with E-state index in [2.05, 4.69) is 0 Å². The van der Waals surface area contributed by atoms with E-state index in [-0.39, 0.29) is 22.8 Å². The summed E-state index contributed by atoms with van der Waals surface area (Å²) < 4.78 is 11.0. The molecule has 1 amide bonds. The van der Waals surface area contributed by atoms with Crippen LogP contribution in [0, 0.1) is 6.92 Å². The summed E-state index contributed by atoms with van der Waals surface area (Å²) in [6, 6.07) is 11.4. The van der Waals surface area contributed by atoms with E-state index in [1.54, 1.807) is 48.4 Å². The van der Waals surface area contributed by atoms with E-state index in [1.165, 1.54) is 0 Å². The van der Waals surface area contributed by atoms with Crippen molar-refractivity contribution in [2.75, 3.05) is 20.3 Å². The Hall–Kier alpha value is -3.12. The SMILES string of the molecule is COCCCN1C(=O)c2oc3ccc(C)cc3c(=O)c2[C@H]1c1cccc(O)c1. The van der Waals surface area contributed by atoms with Gasteiger partial charge in [-0.3, -0.25) is 9.59 Å². The van der Waals surface area contributed by atoms with Crippen molar-refractivity contribution in [3.63, 3.8) is 0 Å². The van der Waals surface area contributed by atoms with Gasteiger partial charge in [-0.15, -0.1) is 0 Å². The second-order valence-corrected chi connectivity index (χ2v) is 7.02. The van der Waals surface area contributed by atoms with E-state index in [4.69, 9.17) is 9.15 Å². The fourth-order valence-electron chi connectivity index (χ4n) is 3.79. The molecule has 0 bridgehead atoms. The molecule has 1 aliphatic rings. The third-order valence-corrected chi connectivity index (χ3v) is 5.05. The van der Waals surface area contributed by atoms with E-state index in [1.807, 2.05) is 13.0 Å². The molecule has 0 saturated heterocycles. The smallest absolute Gasteiger partial charge is 0.290 e. The van der Waals surface area contributed by atoms with E-state index in [0.29, 0.717) is 41.7 Å². The summed E-state index contributed by atoms with van der Waals surface area (Å²) in [5.41, 5.74) is 2.12. The van der Waals surface area contributed by atoms with Crippen LogP contribution in [-0.4, -0.2) is 36.2 Å². The number of aromatic hydroxyl groups is 1. The number of benzene rings is 2. The number of ether oxygens (including phenoxy) is 1. The molecule has 1 N–H and O–H groups in total. The van der Waals surface area contributed by atoms with Crippen LogP contribution >= 0.6 is 0 Å². The number of nitrogens with zero attached hydrogens (tertiary/aromatic N) is 1. The maximum absolute atomic E-state index is 13.3. The van der Waals surface area contributed by atoms with Crippen LogP contribution in [0.25, 0.3) is 11.0 Å². The van der Waals surface area contributed by atoms with Crippen LogP contribution < -0.4 is 5.43 Å². The van der Waals surface area contributed by atoms with Gasteiger partial charge in [-0.1, -0.05) is 23.8 Å². The van der Waals surface area contributed by atoms with Crippen LogP contribution in [0.5, 0.6) is 5.75 Å². The predicted molar refractivity (Wildman–Crippen MR) is 105 cm³/mol. The van der Waals surface area contributed by atoms with Crippen LogP contribution in [-0.2, 0) is 4.74 Å². The summed E-state index contributed by atoms with van der Waals surface area (Å²) in [7, 11) is 1.60. The Morgan fingerprint density at radius 2 is 2.00 bits per heavy atom. The molecule has 144 valence electrons. The Kier molecular flexibility index (Phi) is 4.65. The Morgan fingerprint density at radius 3 is 2.75 bits per heavy atom. The van der Waals surface area contributed by atoms with Gasteiger partial charge in [0.2, 0.25) is 5.76 Å². The van der Waals surface area contributed by atoms with Crippen molar-refractivity contribution >= 4 is 16.9 Å². The number of carbonyl (C=O) groups excluding carboxylic acids is 1. The average Bonchev–Trinajstić information content (AvgIpc) is 2.95. The molecule has 0 aliphatic carbocycles. The fourth-order valence-corrected chi connectivity index (χ4v) is 3.79. The summed E-state index contributed by atoms with van der Waals surface area (Å²) in [5.74, 6) is -0.164. The first-order valence-corrected chi connectivity index (χ1v) is 9.17. The molecule has 0 radical (unpaired) electrons. The molecule has 2 heterocycles. The van der Waals surface area contributed by atoms with Crippen LogP contribution in [0.15, 0.2) is 51.7 Å². The number of carbonyl (C=O) groups is 1. The molecule has 6 nitrogen and oxygen atoms in total. The lowest BCUT2D eigenvalue weighted by Gasteiger charge is -2.25. The third-order valence-electron chi connectivity index (χ3n) is 5.05. The Balaban J connectivity index is 1.93. The number of aryl methyl sites for hydroxylation is 1. The minimum Gasteiger partial charge on any atom is -0.508 e. The van der Waals surface area contributed by atoms with Crippen LogP contribution in [0.3, 0.4) is 0 Å². The topological polar surface area (TPSA) is 80.0 Å². The Morgan fingerprint density at radius 1 is 1.18 bits per heavy atom. The molecule has 6 heteroatoms. The fraction of sp³-hybridized carbons (Fsp3) is 0.273. The number of hydrogen-bond donors (Lipinski definition) is 1. The lowest BCUT2D eigenvalue weighted by atomic mass is 9.98. The lowest BCUT2D eigenvalue weighted by molar-refractivity contribution is 0.0707. The quantitative estimate of drug-likeness (QED) is 0.688. The van der Waals surface area contributed by atoms with Gasteiger partial charge >= 0.3 is 0 Å². The molecular formula is C22H21NO5. The highest BCUT2D eigenvalue weighted by molar-refractivity contribution is 5.99. The first-order valence-electron chi connectivity index (χ1n) is 9.17. The van der Waals surface area contributed by atoms with E-state index in [0.717, 1.165) is 5.56 Å². The van der Waals surface area contributed by atoms with Gasteiger partial charge in [0, 0.05) is 20.3 Å². The highest BCUT2D eigenvalue weighted by Crippen LogP contribution is 2.39. The maximum Gasteiger partial charge on any atom is 0.290 e. The van der Waals surface area contributed by atoms with Gasteiger partial charge in [0.05, 0.1) is 17.0 Å². The van der Waals surface area contributed by atoms with Crippen molar-refractivity contribution < 1.29 is 19.1 Å². The summed E-state index contributed by atoms with van der Waals surface area (Å²) in [6.07, 6.45) is 0.623. The van der Waals surface area contributed by atoms with Crippen molar-refractivity contribution in [1.82, 2.24) is 4.90 Å².